The van der Waals surface area contributed by atoms with E-state index in [-0.39, 0.29) is 17.9 Å². The second-order valence-corrected chi connectivity index (χ2v) is 5.65. The number of fused-ring (bicyclic) bond motifs is 1. The van der Waals surface area contributed by atoms with Crippen LogP contribution in [0.15, 0.2) is 17.2 Å². The summed E-state index contributed by atoms with van der Waals surface area (Å²) in [4.78, 5) is 27.2. The van der Waals surface area contributed by atoms with E-state index in [2.05, 4.69) is 4.98 Å². The van der Waals surface area contributed by atoms with E-state index in [1.54, 1.807) is 13.8 Å². The molecule has 4 atom stereocenters. The Kier molecular flexibility index (Phi) is 3.12. The highest BCUT2D eigenvalue weighted by molar-refractivity contribution is 5.90. The summed E-state index contributed by atoms with van der Waals surface area (Å²) in [5, 5.41) is 0. The van der Waals surface area contributed by atoms with Crippen LogP contribution in [-0.2, 0) is 14.2 Å². The topological polar surface area (TPSA) is 106 Å². The average Bonchev–Trinajstić information content (AvgIpc) is 2.85. The van der Waals surface area contributed by atoms with Gasteiger partial charge in [-0.2, -0.15) is 0 Å². The molecule has 2 aliphatic heterocycles. The third-order valence-electron chi connectivity index (χ3n) is 3.64. The quantitative estimate of drug-likeness (QED) is 0.808. The second kappa shape index (κ2) is 4.62. The summed E-state index contributed by atoms with van der Waals surface area (Å²) in [6.45, 7) is 5.46. The third-order valence-corrected chi connectivity index (χ3v) is 3.64. The van der Waals surface area contributed by atoms with E-state index in [4.69, 9.17) is 19.9 Å². The Morgan fingerprint density at radius 1 is 1.38 bits per heavy atom. The number of carbonyl (C=O) groups is 1. The lowest BCUT2D eigenvalue weighted by atomic mass is 10.1. The predicted molar refractivity (Wildman–Crippen MR) is 70.4 cm³/mol. The van der Waals surface area contributed by atoms with Crippen LogP contribution in [0.4, 0.5) is 0 Å². The Morgan fingerprint density at radius 2 is 2.05 bits per heavy atom. The summed E-state index contributed by atoms with van der Waals surface area (Å²) < 4.78 is 18.6. The number of primary amides is 1. The zero-order valence-electron chi connectivity index (χ0n) is 12.0. The van der Waals surface area contributed by atoms with Crippen molar-refractivity contribution in [1.29, 1.82) is 0 Å². The maximum absolute atomic E-state index is 12.3. The maximum Gasteiger partial charge on any atom is 0.284 e. The van der Waals surface area contributed by atoms with Gasteiger partial charge in [0.1, 0.15) is 12.2 Å². The Hall–Kier alpha value is -1.77. The van der Waals surface area contributed by atoms with E-state index in [9.17, 15) is 9.59 Å². The molecule has 1 aromatic heterocycles. The molecule has 0 aromatic carbocycles. The lowest BCUT2D eigenvalue weighted by Gasteiger charge is -2.24. The van der Waals surface area contributed by atoms with E-state index in [0.29, 0.717) is 0 Å². The molecular formula is C13H17N3O5. The van der Waals surface area contributed by atoms with Crippen LogP contribution in [0.2, 0.25) is 0 Å². The molecule has 0 spiro atoms. The Morgan fingerprint density at radius 3 is 2.71 bits per heavy atom. The smallest absolute Gasteiger partial charge is 0.284 e. The monoisotopic (exact) mass is 295 g/mol. The highest BCUT2D eigenvalue weighted by Gasteiger charge is 2.54. The van der Waals surface area contributed by atoms with Crippen LogP contribution in [0.25, 0.3) is 0 Å². The Balaban J connectivity index is 2.00. The Bertz CT molecular complexity index is 641. The van der Waals surface area contributed by atoms with Gasteiger partial charge in [-0.25, -0.2) is 4.98 Å². The van der Waals surface area contributed by atoms with Crippen LogP contribution >= 0.6 is 0 Å². The van der Waals surface area contributed by atoms with Crippen molar-refractivity contribution in [2.24, 2.45) is 5.73 Å². The molecule has 0 bridgehead atoms. The normalized spacial score (nSPS) is 33.9. The second-order valence-electron chi connectivity index (χ2n) is 5.65. The minimum atomic E-state index is -0.874. The van der Waals surface area contributed by atoms with Crippen LogP contribution < -0.4 is 11.3 Å². The molecule has 8 nitrogen and oxygen atoms in total. The number of nitrogens with zero attached hydrogens (tertiary/aromatic N) is 2. The summed E-state index contributed by atoms with van der Waals surface area (Å²) >= 11 is 0. The molecule has 2 fully saturated rings. The van der Waals surface area contributed by atoms with Crippen LogP contribution in [0.5, 0.6) is 0 Å². The molecule has 2 aliphatic rings. The van der Waals surface area contributed by atoms with Crippen molar-refractivity contribution in [2.45, 2.75) is 51.1 Å². The number of aromatic nitrogens is 2. The van der Waals surface area contributed by atoms with E-state index < -0.39 is 29.6 Å². The van der Waals surface area contributed by atoms with Crippen LogP contribution in [0.3, 0.4) is 0 Å². The van der Waals surface area contributed by atoms with Gasteiger partial charge in [0.05, 0.1) is 6.10 Å². The van der Waals surface area contributed by atoms with Gasteiger partial charge in [-0.1, -0.05) is 0 Å². The molecule has 0 aliphatic carbocycles. The van der Waals surface area contributed by atoms with Crippen molar-refractivity contribution in [3.8, 4) is 0 Å². The molecule has 114 valence electrons. The first-order chi connectivity index (χ1) is 9.80. The highest BCUT2D eigenvalue weighted by atomic mass is 16.8. The van der Waals surface area contributed by atoms with Gasteiger partial charge in [-0.15, -0.1) is 0 Å². The fourth-order valence-electron chi connectivity index (χ4n) is 2.79. The van der Waals surface area contributed by atoms with Crippen molar-refractivity contribution in [3.05, 3.63) is 28.4 Å². The summed E-state index contributed by atoms with van der Waals surface area (Å²) in [5.41, 5.74) is 4.22. The molecule has 21 heavy (non-hydrogen) atoms. The van der Waals surface area contributed by atoms with Gasteiger partial charge in [-0.3, -0.25) is 14.2 Å². The maximum atomic E-state index is 12.3. The number of hydrogen-bond donors (Lipinski definition) is 1. The molecule has 3 heterocycles. The average molecular weight is 295 g/mol. The summed E-state index contributed by atoms with van der Waals surface area (Å²) in [5.74, 6) is -1.62. The Labute approximate surface area is 120 Å². The predicted octanol–water partition coefficient (Wildman–Crippen LogP) is -0.220. The van der Waals surface area contributed by atoms with Gasteiger partial charge in [0.2, 0.25) is 0 Å². The molecule has 1 amide bonds. The number of amides is 1. The third kappa shape index (κ3) is 2.25. The molecule has 8 heteroatoms. The van der Waals surface area contributed by atoms with E-state index in [1.807, 2.05) is 6.92 Å². The number of ether oxygens (including phenoxy) is 3. The van der Waals surface area contributed by atoms with Crippen molar-refractivity contribution < 1.29 is 19.0 Å². The number of nitrogens with two attached hydrogens (primary N) is 1. The molecule has 0 unspecified atom stereocenters. The van der Waals surface area contributed by atoms with E-state index >= 15 is 0 Å². The lowest BCUT2D eigenvalue weighted by molar-refractivity contribution is -0.195. The first-order valence-electron chi connectivity index (χ1n) is 6.68. The molecule has 3 rings (SSSR count). The minimum Gasteiger partial charge on any atom is -0.364 e. The van der Waals surface area contributed by atoms with Crippen LogP contribution in [0.1, 0.15) is 37.5 Å². The molecule has 0 saturated carbocycles. The van der Waals surface area contributed by atoms with E-state index in [0.717, 1.165) is 0 Å². The van der Waals surface area contributed by atoms with Crippen molar-refractivity contribution in [3.63, 3.8) is 0 Å². The van der Waals surface area contributed by atoms with Gasteiger partial charge in [-0.05, 0) is 20.8 Å². The zero-order chi connectivity index (χ0) is 15.4. The molecular weight excluding hydrogens is 278 g/mol. The first-order valence-corrected chi connectivity index (χ1v) is 6.68. The molecule has 1 aromatic rings. The first kappa shape index (κ1) is 14.2. The summed E-state index contributed by atoms with van der Waals surface area (Å²) in [6, 6.07) is 0. The van der Waals surface area contributed by atoms with Gasteiger partial charge >= 0.3 is 0 Å². The lowest BCUT2D eigenvalue weighted by Crippen LogP contribution is -2.37. The fraction of sp³-hybridized carbons (Fsp3) is 0.615. The van der Waals surface area contributed by atoms with Crippen LogP contribution in [-0.4, -0.2) is 39.6 Å². The molecule has 0 radical (unpaired) electrons. The van der Waals surface area contributed by atoms with Gasteiger partial charge in [0.15, 0.2) is 17.7 Å². The van der Waals surface area contributed by atoms with Gasteiger partial charge in [0, 0.05) is 12.4 Å². The van der Waals surface area contributed by atoms with Gasteiger partial charge < -0.3 is 19.9 Å². The number of rotatable bonds is 2. The number of hydrogen-bond acceptors (Lipinski definition) is 6. The zero-order valence-corrected chi connectivity index (χ0v) is 12.0. The van der Waals surface area contributed by atoms with Crippen LogP contribution in [0, 0.1) is 0 Å². The standard InChI is InChI=1S/C13H17N3O5/c1-6-8-9(21-13(2,3)20-8)12(19-6)16-5-4-15-7(10(14)17)11(16)18/h4-6,8-9,12H,1-3H3,(H2,14,17)/t6-,8-,9-,12-/m1/s1. The SMILES string of the molecule is C[C@H]1O[C@@H](n2ccnc(C(N)=O)c2=O)[C@@H]2OC(C)(C)O[C@@H]21. The van der Waals surface area contributed by atoms with Crippen molar-refractivity contribution in [2.75, 3.05) is 0 Å². The minimum absolute atomic E-state index is 0.237. The highest BCUT2D eigenvalue weighted by Crippen LogP contribution is 2.42. The largest absolute Gasteiger partial charge is 0.364 e. The van der Waals surface area contributed by atoms with Crippen molar-refractivity contribution >= 4 is 5.91 Å². The van der Waals surface area contributed by atoms with Crippen molar-refractivity contribution in [1.82, 2.24) is 9.55 Å². The number of carbonyl (C=O) groups excluding carboxylic acids is 1. The summed E-state index contributed by atoms with van der Waals surface area (Å²) in [6.07, 6.45) is 1.16. The molecule has 2 saturated heterocycles. The summed E-state index contributed by atoms with van der Waals surface area (Å²) in [7, 11) is 0. The fourth-order valence-corrected chi connectivity index (χ4v) is 2.79. The van der Waals surface area contributed by atoms with E-state index in [1.165, 1.54) is 17.0 Å². The molecule has 2 N–H and O–H groups in total. The van der Waals surface area contributed by atoms with Gasteiger partial charge in [0.25, 0.3) is 11.5 Å².